The molecule has 0 aliphatic carbocycles. The van der Waals surface area contributed by atoms with Crippen molar-refractivity contribution in [2.24, 2.45) is 5.92 Å². The van der Waals surface area contributed by atoms with Crippen LogP contribution in [0.25, 0.3) is 0 Å². The quantitative estimate of drug-likeness (QED) is 0.919. The second-order valence-corrected chi connectivity index (χ2v) is 6.55. The molecule has 0 bridgehead atoms. The highest BCUT2D eigenvalue weighted by Gasteiger charge is 2.26. The normalized spacial score (nSPS) is 17.5. The lowest BCUT2D eigenvalue weighted by molar-refractivity contribution is -0.134. The molecule has 6 heteroatoms. The fraction of sp³-hybridized carbons (Fsp3) is 0.556. The second kappa shape index (κ2) is 8.24. The zero-order valence-electron chi connectivity index (χ0n) is 14.6. The van der Waals surface area contributed by atoms with E-state index >= 15 is 0 Å². The average molecular weight is 335 g/mol. The summed E-state index contributed by atoms with van der Waals surface area (Å²) in [6.07, 6.45) is 0.843. The Balaban J connectivity index is 1.93. The van der Waals surface area contributed by atoms with Crippen LogP contribution in [0.3, 0.4) is 0 Å². The molecule has 2 amide bonds. The summed E-state index contributed by atoms with van der Waals surface area (Å²) in [4.78, 5) is 28.5. The zero-order valence-corrected chi connectivity index (χ0v) is 14.6. The van der Waals surface area contributed by atoms with Crippen molar-refractivity contribution in [2.45, 2.75) is 33.2 Å². The van der Waals surface area contributed by atoms with Gasteiger partial charge in [0.05, 0.1) is 6.04 Å². The summed E-state index contributed by atoms with van der Waals surface area (Å²) < 4.78 is 13.2. The zero-order chi connectivity index (χ0) is 17.7. The van der Waals surface area contributed by atoms with Crippen LogP contribution >= 0.6 is 0 Å². The van der Waals surface area contributed by atoms with Crippen molar-refractivity contribution in [1.82, 2.24) is 9.80 Å². The van der Waals surface area contributed by atoms with Gasteiger partial charge in [0.2, 0.25) is 11.8 Å². The number of hydrogen-bond donors (Lipinski definition) is 1. The molecular weight excluding hydrogens is 309 g/mol. The Kier molecular flexibility index (Phi) is 6.31. The highest BCUT2D eigenvalue weighted by Crippen LogP contribution is 2.13. The standard InChI is InChI=1S/C18H26FN3O2/c1-13(2)18(24)22-9-5-8-21(10-11-22)14(3)17(23)20-16-7-4-6-15(19)12-16/h4,6-7,12-14H,5,8-11H2,1-3H3,(H,20,23). The van der Waals surface area contributed by atoms with Gasteiger partial charge in [0.25, 0.3) is 0 Å². The smallest absolute Gasteiger partial charge is 0.241 e. The number of carbonyl (C=O) groups excluding carboxylic acids is 2. The molecule has 1 heterocycles. The third kappa shape index (κ3) is 4.77. The molecular formula is C18H26FN3O2. The van der Waals surface area contributed by atoms with Crippen LogP contribution < -0.4 is 5.32 Å². The summed E-state index contributed by atoms with van der Waals surface area (Å²) >= 11 is 0. The molecule has 2 rings (SSSR count). The number of amides is 2. The summed E-state index contributed by atoms with van der Waals surface area (Å²) in [7, 11) is 0. The molecule has 1 unspecified atom stereocenters. The Morgan fingerprint density at radius 3 is 2.54 bits per heavy atom. The number of benzene rings is 1. The topological polar surface area (TPSA) is 52.7 Å². The predicted molar refractivity (Wildman–Crippen MR) is 92.1 cm³/mol. The summed E-state index contributed by atoms with van der Waals surface area (Å²) in [5, 5.41) is 2.75. The molecule has 1 aromatic rings. The van der Waals surface area contributed by atoms with Crippen LogP contribution in [-0.2, 0) is 9.59 Å². The number of nitrogens with zero attached hydrogens (tertiary/aromatic N) is 2. The molecule has 1 aliphatic heterocycles. The maximum Gasteiger partial charge on any atom is 0.241 e. The van der Waals surface area contributed by atoms with Crippen molar-refractivity contribution in [3.05, 3.63) is 30.1 Å². The molecule has 1 saturated heterocycles. The molecule has 132 valence electrons. The van der Waals surface area contributed by atoms with E-state index in [1.165, 1.54) is 12.1 Å². The molecule has 1 aromatic carbocycles. The van der Waals surface area contributed by atoms with Gasteiger partial charge in [0, 0.05) is 37.8 Å². The van der Waals surface area contributed by atoms with E-state index in [1.807, 2.05) is 25.7 Å². The van der Waals surface area contributed by atoms with Crippen LogP contribution in [-0.4, -0.2) is 53.8 Å². The maximum atomic E-state index is 13.2. The van der Waals surface area contributed by atoms with Gasteiger partial charge >= 0.3 is 0 Å². The molecule has 24 heavy (non-hydrogen) atoms. The van der Waals surface area contributed by atoms with Gasteiger partial charge in [-0.1, -0.05) is 19.9 Å². The minimum Gasteiger partial charge on any atom is -0.341 e. The summed E-state index contributed by atoms with van der Waals surface area (Å²) in [5.41, 5.74) is 0.457. The predicted octanol–water partition coefficient (Wildman–Crippen LogP) is 2.34. The minimum atomic E-state index is -0.377. The number of anilines is 1. The van der Waals surface area contributed by atoms with Crippen molar-refractivity contribution >= 4 is 17.5 Å². The largest absolute Gasteiger partial charge is 0.341 e. The Labute approximate surface area is 142 Å². The summed E-state index contributed by atoms with van der Waals surface area (Å²) in [6.45, 7) is 8.44. The molecule has 0 spiro atoms. The van der Waals surface area contributed by atoms with E-state index in [-0.39, 0.29) is 29.6 Å². The van der Waals surface area contributed by atoms with E-state index in [2.05, 4.69) is 10.2 Å². The number of nitrogens with one attached hydrogen (secondary N) is 1. The van der Waals surface area contributed by atoms with Gasteiger partial charge in [0.1, 0.15) is 5.82 Å². The third-order valence-corrected chi connectivity index (χ3v) is 4.36. The van der Waals surface area contributed by atoms with E-state index < -0.39 is 0 Å². The Morgan fingerprint density at radius 1 is 1.12 bits per heavy atom. The lowest BCUT2D eigenvalue weighted by atomic mass is 10.2. The molecule has 5 nitrogen and oxygen atoms in total. The Bertz CT molecular complexity index is 591. The molecule has 0 saturated carbocycles. The lowest BCUT2D eigenvalue weighted by Crippen LogP contribution is -2.44. The first-order valence-corrected chi connectivity index (χ1v) is 8.47. The van der Waals surface area contributed by atoms with Crippen LogP contribution in [0.4, 0.5) is 10.1 Å². The Hall–Kier alpha value is -1.95. The number of rotatable bonds is 4. The van der Waals surface area contributed by atoms with Crippen molar-refractivity contribution in [2.75, 3.05) is 31.5 Å². The van der Waals surface area contributed by atoms with E-state index in [0.29, 0.717) is 18.8 Å². The Morgan fingerprint density at radius 2 is 1.88 bits per heavy atom. The van der Waals surface area contributed by atoms with E-state index in [9.17, 15) is 14.0 Å². The molecule has 1 aliphatic rings. The van der Waals surface area contributed by atoms with Gasteiger partial charge in [-0.2, -0.15) is 0 Å². The molecule has 0 radical (unpaired) electrons. The third-order valence-electron chi connectivity index (χ3n) is 4.36. The number of hydrogen-bond acceptors (Lipinski definition) is 3. The van der Waals surface area contributed by atoms with Crippen molar-refractivity contribution < 1.29 is 14.0 Å². The highest BCUT2D eigenvalue weighted by atomic mass is 19.1. The van der Waals surface area contributed by atoms with Gasteiger partial charge < -0.3 is 10.2 Å². The summed E-state index contributed by atoms with van der Waals surface area (Å²) in [6, 6.07) is 5.54. The van der Waals surface area contributed by atoms with Crippen LogP contribution in [0.1, 0.15) is 27.2 Å². The van der Waals surface area contributed by atoms with Crippen LogP contribution in [0, 0.1) is 11.7 Å². The molecule has 1 atom stereocenters. The van der Waals surface area contributed by atoms with Crippen LogP contribution in [0.15, 0.2) is 24.3 Å². The highest BCUT2D eigenvalue weighted by molar-refractivity contribution is 5.94. The van der Waals surface area contributed by atoms with E-state index in [0.717, 1.165) is 19.5 Å². The first-order chi connectivity index (χ1) is 11.4. The SMILES string of the molecule is CC(C)C(=O)N1CCCN(C(C)C(=O)Nc2cccc(F)c2)CC1. The van der Waals surface area contributed by atoms with E-state index in [4.69, 9.17) is 0 Å². The van der Waals surface area contributed by atoms with Gasteiger partial charge in [-0.15, -0.1) is 0 Å². The number of carbonyl (C=O) groups is 2. The van der Waals surface area contributed by atoms with Gasteiger partial charge in [-0.25, -0.2) is 4.39 Å². The summed E-state index contributed by atoms with van der Waals surface area (Å²) in [5.74, 6) is -0.388. The van der Waals surface area contributed by atoms with Crippen LogP contribution in [0.2, 0.25) is 0 Å². The minimum absolute atomic E-state index is 0.00903. The second-order valence-electron chi connectivity index (χ2n) is 6.55. The van der Waals surface area contributed by atoms with Gasteiger partial charge in [-0.3, -0.25) is 14.5 Å². The first kappa shape index (κ1) is 18.4. The van der Waals surface area contributed by atoms with Crippen molar-refractivity contribution in [3.63, 3.8) is 0 Å². The average Bonchev–Trinajstić information content (AvgIpc) is 2.79. The van der Waals surface area contributed by atoms with E-state index in [1.54, 1.807) is 12.1 Å². The molecule has 1 N–H and O–H groups in total. The molecule has 1 fully saturated rings. The van der Waals surface area contributed by atoms with Gasteiger partial charge in [0.15, 0.2) is 0 Å². The van der Waals surface area contributed by atoms with Crippen molar-refractivity contribution in [1.29, 1.82) is 0 Å². The van der Waals surface area contributed by atoms with Gasteiger partial charge in [-0.05, 0) is 31.5 Å². The number of halogens is 1. The van der Waals surface area contributed by atoms with Crippen LogP contribution in [0.5, 0.6) is 0 Å². The monoisotopic (exact) mass is 335 g/mol. The fourth-order valence-corrected chi connectivity index (χ4v) is 2.89. The first-order valence-electron chi connectivity index (χ1n) is 8.47. The fourth-order valence-electron chi connectivity index (χ4n) is 2.89. The maximum absolute atomic E-state index is 13.2. The van der Waals surface area contributed by atoms with Crippen molar-refractivity contribution in [3.8, 4) is 0 Å². The molecule has 0 aromatic heterocycles. The lowest BCUT2D eigenvalue weighted by Gasteiger charge is -2.27.